The van der Waals surface area contributed by atoms with E-state index in [0.29, 0.717) is 85.1 Å². The van der Waals surface area contributed by atoms with Gasteiger partial charge >= 0.3 is 0 Å². The van der Waals surface area contributed by atoms with E-state index < -0.39 is 5.82 Å². The van der Waals surface area contributed by atoms with E-state index in [4.69, 9.17) is 9.47 Å². The van der Waals surface area contributed by atoms with E-state index >= 15 is 4.39 Å². The number of carbonyl (C=O) groups is 2. The number of hydrogen-bond acceptors (Lipinski definition) is 9. The topological polar surface area (TPSA) is 135 Å². The zero-order valence-electron chi connectivity index (χ0n) is 27.5. The third-order valence-corrected chi connectivity index (χ3v) is 9.48. The number of methoxy groups -OCH3 is 2. The summed E-state index contributed by atoms with van der Waals surface area (Å²) in [5.41, 5.74) is 2.42. The first kappa shape index (κ1) is 32.0. The van der Waals surface area contributed by atoms with E-state index in [1.807, 2.05) is 23.1 Å². The number of aryl methyl sites for hydroxylation is 1. The molecule has 254 valence electrons. The van der Waals surface area contributed by atoms with E-state index in [2.05, 4.69) is 30.2 Å². The molecule has 7 rings (SSSR count). The second kappa shape index (κ2) is 13.9. The lowest BCUT2D eigenvalue weighted by Gasteiger charge is -2.35. The fourth-order valence-corrected chi connectivity index (χ4v) is 6.93. The SMILES string of the molecule is COc1ccncc1-c1cc([C@H]2CCCN(C(=O)CCn3ccnn3)C2)c(F)c2[nH]c(C(=O)N3CCN(c4ncccc4OC)CC3)cc12. The number of likely N-dealkylation sites (tertiary alicyclic amines) is 1. The monoisotopic (exact) mass is 667 g/mol. The van der Waals surface area contributed by atoms with Crippen molar-refractivity contribution < 1.29 is 23.5 Å². The molecule has 0 aliphatic carbocycles. The predicted molar refractivity (Wildman–Crippen MR) is 180 cm³/mol. The number of rotatable bonds is 9. The highest BCUT2D eigenvalue weighted by Crippen LogP contribution is 2.41. The van der Waals surface area contributed by atoms with Gasteiger partial charge in [-0.25, -0.2) is 9.37 Å². The number of aromatic nitrogens is 6. The lowest BCUT2D eigenvalue weighted by Crippen LogP contribution is -2.49. The van der Waals surface area contributed by atoms with E-state index in [9.17, 15) is 9.59 Å². The van der Waals surface area contributed by atoms with Crippen molar-refractivity contribution in [3.8, 4) is 22.6 Å². The van der Waals surface area contributed by atoms with Crippen molar-refractivity contribution in [1.29, 1.82) is 0 Å². The van der Waals surface area contributed by atoms with Crippen LogP contribution >= 0.6 is 0 Å². The minimum Gasteiger partial charge on any atom is -0.496 e. The Kier molecular flexibility index (Phi) is 9.09. The first-order valence-corrected chi connectivity index (χ1v) is 16.4. The van der Waals surface area contributed by atoms with Crippen LogP contribution in [0, 0.1) is 5.82 Å². The number of fused-ring (bicyclic) bond motifs is 1. The molecule has 2 saturated heterocycles. The number of piperazine rings is 1. The molecule has 2 aliphatic heterocycles. The van der Waals surface area contributed by atoms with E-state index in [-0.39, 0.29) is 29.7 Å². The summed E-state index contributed by atoms with van der Waals surface area (Å²) < 4.78 is 29.5. The van der Waals surface area contributed by atoms with Gasteiger partial charge in [0.25, 0.3) is 5.91 Å². The highest BCUT2D eigenvalue weighted by Gasteiger charge is 2.31. The molecule has 4 aromatic heterocycles. The van der Waals surface area contributed by atoms with Gasteiger partial charge in [-0.1, -0.05) is 5.21 Å². The Morgan fingerprint density at radius 3 is 2.59 bits per heavy atom. The van der Waals surface area contributed by atoms with E-state index in [1.54, 1.807) is 66.9 Å². The van der Waals surface area contributed by atoms with Gasteiger partial charge in [0.15, 0.2) is 17.4 Å². The third kappa shape index (κ3) is 6.37. The third-order valence-electron chi connectivity index (χ3n) is 9.48. The fourth-order valence-electron chi connectivity index (χ4n) is 6.93. The van der Waals surface area contributed by atoms with Gasteiger partial charge in [0.2, 0.25) is 5.91 Å². The number of piperidine rings is 1. The molecule has 0 unspecified atom stereocenters. The van der Waals surface area contributed by atoms with Crippen LogP contribution in [0.1, 0.15) is 41.2 Å². The molecule has 49 heavy (non-hydrogen) atoms. The van der Waals surface area contributed by atoms with Crippen molar-refractivity contribution in [3.05, 3.63) is 78.4 Å². The van der Waals surface area contributed by atoms with Crippen LogP contribution in [0.5, 0.6) is 11.5 Å². The number of nitrogens with one attached hydrogen (secondary N) is 1. The van der Waals surface area contributed by atoms with Crippen LogP contribution in [0.25, 0.3) is 22.0 Å². The highest BCUT2D eigenvalue weighted by atomic mass is 19.1. The Balaban J connectivity index is 1.18. The molecule has 6 heterocycles. The molecule has 0 spiro atoms. The zero-order chi connectivity index (χ0) is 33.9. The second-order valence-corrected chi connectivity index (χ2v) is 12.3. The van der Waals surface area contributed by atoms with E-state index in [0.717, 1.165) is 18.7 Å². The molecule has 2 aliphatic rings. The molecule has 14 heteroatoms. The number of amides is 2. The van der Waals surface area contributed by atoms with Crippen molar-refractivity contribution in [2.24, 2.45) is 0 Å². The number of hydrogen-bond donors (Lipinski definition) is 1. The standard InChI is InChI=1S/C35H38FN9O4/c1-48-29-7-10-37-21-27(29)25-19-24(23-5-4-12-44(22-23)31(46)8-13-45-14-11-39-41-45)32(36)33-26(25)20-28(40-33)35(47)43-17-15-42(16-18-43)34-30(49-2)6-3-9-38-34/h3,6-7,9-11,14,19-21,23,40H,4-5,8,12-13,15-18,22H2,1-2H3/t23-/m0/s1. The lowest BCUT2D eigenvalue weighted by molar-refractivity contribution is -0.132. The van der Waals surface area contributed by atoms with Crippen LogP contribution in [0.15, 0.2) is 61.3 Å². The largest absolute Gasteiger partial charge is 0.496 e. The van der Waals surface area contributed by atoms with E-state index in [1.165, 1.54) is 0 Å². The molecule has 13 nitrogen and oxygen atoms in total. The van der Waals surface area contributed by atoms with Crippen LogP contribution in [-0.2, 0) is 11.3 Å². The van der Waals surface area contributed by atoms with Gasteiger partial charge < -0.3 is 29.2 Å². The van der Waals surface area contributed by atoms with Gasteiger partial charge in [0.05, 0.1) is 32.5 Å². The number of ether oxygens (including phenoxy) is 2. The van der Waals surface area contributed by atoms with Crippen molar-refractivity contribution in [3.63, 3.8) is 0 Å². The van der Waals surface area contributed by atoms with Crippen molar-refractivity contribution >= 4 is 28.5 Å². The smallest absolute Gasteiger partial charge is 0.270 e. The number of aromatic amines is 1. The van der Waals surface area contributed by atoms with Crippen LogP contribution in [0.2, 0.25) is 0 Å². The summed E-state index contributed by atoms with van der Waals surface area (Å²) in [6.07, 6.45) is 10.1. The maximum atomic E-state index is 16.7. The maximum Gasteiger partial charge on any atom is 0.270 e. The summed E-state index contributed by atoms with van der Waals surface area (Å²) in [5.74, 6) is 1.12. The number of halogens is 1. The molecule has 0 radical (unpaired) electrons. The van der Waals surface area contributed by atoms with Gasteiger partial charge in [-0.2, -0.15) is 0 Å². The van der Waals surface area contributed by atoms with Crippen LogP contribution < -0.4 is 14.4 Å². The number of carbonyl (C=O) groups excluding carboxylic acids is 2. The predicted octanol–water partition coefficient (Wildman–Crippen LogP) is 4.13. The second-order valence-electron chi connectivity index (χ2n) is 12.3. The van der Waals surface area contributed by atoms with Gasteiger partial charge in [0.1, 0.15) is 11.4 Å². The lowest BCUT2D eigenvalue weighted by atomic mass is 9.87. The van der Waals surface area contributed by atoms with Gasteiger partial charge in [-0.15, -0.1) is 5.10 Å². The normalized spacial score (nSPS) is 16.6. The number of nitrogens with zero attached hydrogens (tertiary/aromatic N) is 8. The minimum atomic E-state index is -0.422. The summed E-state index contributed by atoms with van der Waals surface area (Å²) >= 11 is 0. The molecular weight excluding hydrogens is 629 g/mol. The van der Waals surface area contributed by atoms with Crippen molar-refractivity contribution in [2.75, 3.05) is 58.4 Å². The first-order chi connectivity index (χ1) is 23.9. The summed E-state index contributed by atoms with van der Waals surface area (Å²) in [5, 5.41) is 8.31. The summed E-state index contributed by atoms with van der Waals surface area (Å²) in [6.45, 7) is 3.51. The van der Waals surface area contributed by atoms with Crippen molar-refractivity contribution in [2.45, 2.75) is 31.7 Å². The Hall–Kier alpha value is -5.53. The Morgan fingerprint density at radius 1 is 0.980 bits per heavy atom. The molecule has 1 N–H and O–H groups in total. The molecule has 5 aromatic rings. The summed E-state index contributed by atoms with van der Waals surface area (Å²) in [4.78, 5) is 44.7. The molecule has 1 atom stereocenters. The molecule has 2 fully saturated rings. The number of benzene rings is 1. The Morgan fingerprint density at radius 2 is 1.82 bits per heavy atom. The number of H-pyrrole nitrogens is 1. The average Bonchev–Trinajstić information content (AvgIpc) is 3.85. The van der Waals surface area contributed by atoms with Gasteiger partial charge in [0, 0.05) is 87.3 Å². The number of anilines is 1. The van der Waals surface area contributed by atoms with Crippen LogP contribution in [-0.4, -0.2) is 105 Å². The highest BCUT2D eigenvalue weighted by molar-refractivity contribution is 6.04. The molecule has 2 amide bonds. The first-order valence-electron chi connectivity index (χ1n) is 16.4. The molecule has 0 saturated carbocycles. The maximum absolute atomic E-state index is 16.7. The Labute approximate surface area is 282 Å². The fraction of sp³-hybridized carbons (Fsp3) is 0.371. The summed E-state index contributed by atoms with van der Waals surface area (Å²) in [7, 11) is 3.19. The Bertz CT molecular complexity index is 1960. The molecule has 0 bridgehead atoms. The minimum absolute atomic E-state index is 0.00909. The van der Waals surface area contributed by atoms with Gasteiger partial charge in [-0.3, -0.25) is 19.3 Å². The van der Waals surface area contributed by atoms with Crippen LogP contribution in [0.3, 0.4) is 0 Å². The van der Waals surface area contributed by atoms with Crippen LogP contribution in [0.4, 0.5) is 10.2 Å². The zero-order valence-corrected chi connectivity index (χ0v) is 27.5. The number of pyridine rings is 2. The molecule has 1 aromatic carbocycles. The molecular formula is C35H38FN9O4. The van der Waals surface area contributed by atoms with Gasteiger partial charge in [-0.05, 0) is 54.3 Å². The summed E-state index contributed by atoms with van der Waals surface area (Å²) in [6, 6.07) is 9.01. The van der Waals surface area contributed by atoms with Crippen molar-refractivity contribution in [1.82, 2.24) is 39.7 Å². The quantitative estimate of drug-likeness (QED) is 0.246. The average molecular weight is 668 g/mol.